The van der Waals surface area contributed by atoms with Crippen molar-refractivity contribution in [2.75, 3.05) is 0 Å². The molecule has 4 nitrogen and oxygen atoms in total. The van der Waals surface area contributed by atoms with Crippen LogP contribution in [0.15, 0.2) is 47.3 Å². The molecule has 2 rings (SSSR count). The van der Waals surface area contributed by atoms with E-state index in [0.717, 1.165) is 0 Å². The van der Waals surface area contributed by atoms with Gasteiger partial charge in [-0.05, 0) is 19.1 Å². The van der Waals surface area contributed by atoms with Gasteiger partial charge in [-0.3, -0.25) is 4.79 Å². The minimum Gasteiger partial charge on any atom is -0.472 e. The zero-order chi connectivity index (χ0) is 14.5. The van der Waals surface area contributed by atoms with Crippen LogP contribution in [0.5, 0.6) is 5.75 Å². The number of carbonyl (C=O) groups excluding carboxylic acids is 1. The highest BCUT2D eigenvalue weighted by Crippen LogP contribution is 2.26. The summed E-state index contributed by atoms with van der Waals surface area (Å²) in [5.41, 5.74) is 0.841. The third-order valence-corrected chi connectivity index (χ3v) is 2.73. The zero-order valence-corrected chi connectivity index (χ0v) is 10.7. The Morgan fingerprint density at radius 2 is 2.05 bits per heavy atom. The van der Waals surface area contributed by atoms with Crippen LogP contribution >= 0.6 is 0 Å². The lowest BCUT2D eigenvalue weighted by atomic mass is 10.1. The monoisotopic (exact) mass is 281 g/mol. The Morgan fingerprint density at radius 3 is 2.70 bits per heavy atom. The highest BCUT2D eigenvalue weighted by Gasteiger charge is 2.17. The molecule has 0 bridgehead atoms. The molecular formula is C14H13F2NO3. The fraction of sp³-hybridized carbons (Fsp3) is 0.214. The number of furan rings is 1. The largest absolute Gasteiger partial charge is 0.472 e. The lowest BCUT2D eigenvalue weighted by Crippen LogP contribution is -2.26. The molecule has 0 fully saturated rings. The van der Waals surface area contributed by atoms with E-state index in [-0.39, 0.29) is 11.7 Å². The van der Waals surface area contributed by atoms with Gasteiger partial charge in [-0.1, -0.05) is 18.2 Å². The molecule has 0 aliphatic carbocycles. The van der Waals surface area contributed by atoms with Gasteiger partial charge in [0, 0.05) is 5.56 Å². The molecular weight excluding hydrogens is 268 g/mol. The van der Waals surface area contributed by atoms with Crippen molar-refractivity contribution in [2.45, 2.75) is 19.6 Å². The van der Waals surface area contributed by atoms with Crippen LogP contribution in [0.25, 0.3) is 0 Å². The lowest BCUT2D eigenvalue weighted by molar-refractivity contribution is -0.0506. The molecule has 0 unspecified atom stereocenters. The Labute approximate surface area is 114 Å². The molecule has 2 aromatic rings. The van der Waals surface area contributed by atoms with Gasteiger partial charge < -0.3 is 14.5 Å². The van der Waals surface area contributed by atoms with Gasteiger partial charge in [-0.15, -0.1) is 0 Å². The summed E-state index contributed by atoms with van der Waals surface area (Å²) in [6.07, 6.45) is 2.69. The number of para-hydroxylation sites is 1. The van der Waals surface area contributed by atoms with Gasteiger partial charge in [-0.25, -0.2) is 0 Å². The quantitative estimate of drug-likeness (QED) is 0.914. The van der Waals surface area contributed by atoms with Gasteiger partial charge in [0.25, 0.3) is 5.91 Å². The highest BCUT2D eigenvalue weighted by molar-refractivity contribution is 5.94. The van der Waals surface area contributed by atoms with E-state index in [0.29, 0.717) is 11.1 Å². The molecule has 0 saturated heterocycles. The van der Waals surface area contributed by atoms with Crippen LogP contribution < -0.4 is 10.1 Å². The molecule has 0 radical (unpaired) electrons. The second kappa shape index (κ2) is 6.18. The Kier molecular flexibility index (Phi) is 4.34. The van der Waals surface area contributed by atoms with Gasteiger partial charge in [-0.2, -0.15) is 8.78 Å². The highest BCUT2D eigenvalue weighted by atomic mass is 19.3. The van der Waals surface area contributed by atoms with Crippen LogP contribution in [0.1, 0.15) is 28.9 Å². The number of ether oxygens (including phenoxy) is 1. The maximum absolute atomic E-state index is 12.3. The summed E-state index contributed by atoms with van der Waals surface area (Å²) in [4.78, 5) is 11.9. The molecule has 1 heterocycles. The fourth-order valence-corrected chi connectivity index (χ4v) is 1.79. The predicted molar refractivity (Wildman–Crippen MR) is 67.7 cm³/mol. The SMILES string of the molecule is C[C@H](NC(=O)c1ccoc1)c1ccccc1OC(F)F. The summed E-state index contributed by atoms with van der Waals surface area (Å²) >= 11 is 0. The van der Waals surface area contributed by atoms with Gasteiger partial charge in [0.05, 0.1) is 17.9 Å². The molecule has 1 amide bonds. The third kappa shape index (κ3) is 3.34. The summed E-state index contributed by atoms with van der Waals surface area (Å²) in [5.74, 6) is -0.305. The minimum atomic E-state index is -2.91. The zero-order valence-electron chi connectivity index (χ0n) is 10.7. The summed E-state index contributed by atoms with van der Waals surface area (Å²) in [5, 5.41) is 2.69. The average Bonchev–Trinajstić information content (AvgIpc) is 2.92. The van der Waals surface area contributed by atoms with Crippen molar-refractivity contribution in [1.82, 2.24) is 5.32 Å². The number of hydrogen-bond donors (Lipinski definition) is 1. The number of alkyl halides is 2. The molecule has 0 aliphatic rings. The summed E-state index contributed by atoms with van der Waals surface area (Å²) in [7, 11) is 0. The summed E-state index contributed by atoms with van der Waals surface area (Å²) in [6, 6.07) is 7.37. The van der Waals surface area contributed by atoms with Crippen molar-refractivity contribution in [2.24, 2.45) is 0 Å². The van der Waals surface area contributed by atoms with E-state index < -0.39 is 12.7 Å². The van der Waals surface area contributed by atoms with Gasteiger partial charge >= 0.3 is 6.61 Å². The van der Waals surface area contributed by atoms with Crippen molar-refractivity contribution in [3.05, 3.63) is 54.0 Å². The summed E-state index contributed by atoms with van der Waals surface area (Å²) < 4.78 is 33.9. The van der Waals surface area contributed by atoms with E-state index in [4.69, 9.17) is 4.42 Å². The first kappa shape index (κ1) is 14.0. The van der Waals surface area contributed by atoms with Crippen LogP contribution in [0.4, 0.5) is 8.78 Å². The van der Waals surface area contributed by atoms with Crippen molar-refractivity contribution in [1.29, 1.82) is 0 Å². The van der Waals surface area contributed by atoms with E-state index in [2.05, 4.69) is 10.1 Å². The fourth-order valence-electron chi connectivity index (χ4n) is 1.79. The molecule has 1 N–H and O–H groups in total. The number of benzene rings is 1. The van der Waals surface area contributed by atoms with E-state index in [1.54, 1.807) is 25.1 Å². The number of amides is 1. The van der Waals surface area contributed by atoms with Crippen molar-refractivity contribution >= 4 is 5.91 Å². The second-order valence-electron chi connectivity index (χ2n) is 4.12. The normalized spacial score (nSPS) is 12.2. The van der Waals surface area contributed by atoms with E-state index >= 15 is 0 Å². The molecule has 20 heavy (non-hydrogen) atoms. The number of rotatable bonds is 5. The number of carbonyl (C=O) groups is 1. The molecule has 0 spiro atoms. The Morgan fingerprint density at radius 1 is 1.30 bits per heavy atom. The molecule has 1 aromatic carbocycles. The van der Waals surface area contributed by atoms with E-state index in [9.17, 15) is 13.6 Å². The Hall–Kier alpha value is -2.37. The van der Waals surface area contributed by atoms with Gasteiger partial charge in [0.1, 0.15) is 12.0 Å². The van der Waals surface area contributed by atoms with Crippen LogP contribution in [-0.4, -0.2) is 12.5 Å². The van der Waals surface area contributed by atoms with Crippen LogP contribution in [0.2, 0.25) is 0 Å². The molecule has 0 saturated carbocycles. The molecule has 6 heteroatoms. The van der Waals surface area contributed by atoms with E-state index in [1.807, 2.05) is 0 Å². The number of halogens is 2. The first-order chi connectivity index (χ1) is 9.58. The average molecular weight is 281 g/mol. The predicted octanol–water partition coefficient (Wildman–Crippen LogP) is 3.37. The summed E-state index contributed by atoms with van der Waals surface area (Å²) in [6.45, 7) is -1.22. The Bertz CT molecular complexity index is 570. The van der Waals surface area contributed by atoms with Crippen LogP contribution in [-0.2, 0) is 0 Å². The van der Waals surface area contributed by atoms with Crippen molar-refractivity contribution < 1.29 is 22.7 Å². The molecule has 0 aliphatic heterocycles. The smallest absolute Gasteiger partial charge is 0.387 e. The van der Waals surface area contributed by atoms with Crippen molar-refractivity contribution in [3.8, 4) is 5.75 Å². The van der Waals surface area contributed by atoms with Crippen LogP contribution in [0, 0.1) is 0 Å². The number of nitrogens with one attached hydrogen (secondary N) is 1. The topological polar surface area (TPSA) is 51.5 Å². The van der Waals surface area contributed by atoms with Gasteiger partial charge in [0.15, 0.2) is 0 Å². The lowest BCUT2D eigenvalue weighted by Gasteiger charge is -2.17. The first-order valence-corrected chi connectivity index (χ1v) is 5.94. The maximum atomic E-state index is 12.3. The number of hydrogen-bond acceptors (Lipinski definition) is 3. The van der Waals surface area contributed by atoms with Crippen molar-refractivity contribution in [3.63, 3.8) is 0 Å². The second-order valence-corrected chi connectivity index (χ2v) is 4.12. The molecule has 106 valence electrons. The van der Waals surface area contributed by atoms with Crippen LogP contribution in [0.3, 0.4) is 0 Å². The van der Waals surface area contributed by atoms with Gasteiger partial charge in [0.2, 0.25) is 0 Å². The minimum absolute atomic E-state index is 0.0440. The molecule has 1 atom stereocenters. The third-order valence-electron chi connectivity index (χ3n) is 2.73. The Balaban J connectivity index is 2.13. The standard InChI is InChI=1S/C14H13F2NO3/c1-9(17-13(18)10-6-7-19-8-10)11-4-2-3-5-12(11)20-14(15)16/h2-9,14H,1H3,(H,17,18)/t9-/m0/s1. The van der Waals surface area contributed by atoms with E-state index in [1.165, 1.54) is 24.7 Å². The molecule has 1 aromatic heterocycles. The first-order valence-electron chi connectivity index (χ1n) is 5.94. The maximum Gasteiger partial charge on any atom is 0.387 e.